The van der Waals surface area contributed by atoms with Crippen LogP contribution in [0.5, 0.6) is 0 Å². The lowest BCUT2D eigenvalue weighted by Gasteiger charge is -2.41. The topological polar surface area (TPSA) is 52.7 Å². The van der Waals surface area contributed by atoms with E-state index in [1.54, 1.807) is 11.3 Å². The molecule has 0 spiro atoms. The number of halogens is 1. The summed E-state index contributed by atoms with van der Waals surface area (Å²) < 4.78 is 0. The van der Waals surface area contributed by atoms with Crippen LogP contribution in [-0.4, -0.2) is 60.4 Å². The van der Waals surface area contributed by atoms with Crippen LogP contribution in [0.25, 0.3) is 0 Å². The molecule has 1 aromatic rings. The minimum absolute atomic E-state index is 0. The Morgan fingerprint density at radius 3 is 2.91 bits per heavy atom. The first-order valence-electron chi connectivity index (χ1n) is 7.97. The van der Waals surface area contributed by atoms with Gasteiger partial charge in [0, 0.05) is 42.0 Å². The van der Waals surface area contributed by atoms with Gasteiger partial charge in [0.05, 0.1) is 13.0 Å². The van der Waals surface area contributed by atoms with Crippen LogP contribution in [0, 0.1) is 6.92 Å². The molecule has 0 saturated carbocycles. The molecule has 0 radical (unpaired) electrons. The number of piperidine rings is 1. The molecule has 1 unspecified atom stereocenters. The average molecular weight is 358 g/mol. The number of aryl methyl sites for hydroxylation is 1. The van der Waals surface area contributed by atoms with Crippen molar-refractivity contribution < 1.29 is 9.59 Å². The summed E-state index contributed by atoms with van der Waals surface area (Å²) in [5.41, 5.74) is 0. The maximum atomic E-state index is 12.5. The highest BCUT2D eigenvalue weighted by molar-refractivity contribution is 7.12. The molecule has 0 bridgehead atoms. The first-order chi connectivity index (χ1) is 10.6. The van der Waals surface area contributed by atoms with Crippen molar-refractivity contribution >= 4 is 35.6 Å². The SMILES string of the molecule is Cc1ccc(CC(=O)N2CCCC(N3CCNCC3=O)C2)s1.Cl. The highest BCUT2D eigenvalue weighted by atomic mass is 35.5. The van der Waals surface area contributed by atoms with Gasteiger partial charge in [-0.1, -0.05) is 0 Å². The van der Waals surface area contributed by atoms with Gasteiger partial charge in [-0.15, -0.1) is 23.7 Å². The zero-order valence-electron chi connectivity index (χ0n) is 13.4. The number of carbonyl (C=O) groups excluding carboxylic acids is 2. The van der Waals surface area contributed by atoms with E-state index < -0.39 is 0 Å². The van der Waals surface area contributed by atoms with Gasteiger partial charge in [0.15, 0.2) is 0 Å². The minimum Gasteiger partial charge on any atom is -0.340 e. The zero-order valence-corrected chi connectivity index (χ0v) is 15.0. The maximum Gasteiger partial charge on any atom is 0.236 e. The lowest BCUT2D eigenvalue weighted by Crippen LogP contribution is -2.57. The van der Waals surface area contributed by atoms with E-state index in [0.29, 0.717) is 19.5 Å². The minimum atomic E-state index is 0. The van der Waals surface area contributed by atoms with Crippen LogP contribution in [0.3, 0.4) is 0 Å². The van der Waals surface area contributed by atoms with Gasteiger partial charge in [-0.2, -0.15) is 0 Å². The molecule has 0 aromatic carbocycles. The lowest BCUT2D eigenvalue weighted by molar-refractivity contribution is -0.140. The van der Waals surface area contributed by atoms with Gasteiger partial charge in [0.1, 0.15) is 0 Å². The number of nitrogens with one attached hydrogen (secondary N) is 1. The molecule has 1 aromatic heterocycles. The van der Waals surface area contributed by atoms with Crippen LogP contribution < -0.4 is 5.32 Å². The van der Waals surface area contributed by atoms with Gasteiger partial charge >= 0.3 is 0 Å². The molecule has 7 heteroatoms. The van der Waals surface area contributed by atoms with E-state index in [2.05, 4.69) is 18.3 Å². The van der Waals surface area contributed by atoms with Crippen molar-refractivity contribution in [2.75, 3.05) is 32.7 Å². The van der Waals surface area contributed by atoms with Gasteiger partial charge in [0.2, 0.25) is 11.8 Å². The Hall–Kier alpha value is -1.11. The molecule has 2 fully saturated rings. The Bertz CT molecular complexity index is 563. The van der Waals surface area contributed by atoms with Crippen molar-refractivity contribution in [3.05, 3.63) is 21.9 Å². The number of hydrogen-bond donors (Lipinski definition) is 1. The molecular formula is C16H24ClN3O2S. The van der Waals surface area contributed by atoms with E-state index in [1.165, 1.54) is 4.88 Å². The number of rotatable bonds is 3. The van der Waals surface area contributed by atoms with E-state index in [9.17, 15) is 9.59 Å². The van der Waals surface area contributed by atoms with Crippen molar-refractivity contribution in [3.8, 4) is 0 Å². The average Bonchev–Trinajstić information content (AvgIpc) is 2.93. The van der Waals surface area contributed by atoms with E-state index in [-0.39, 0.29) is 30.3 Å². The first-order valence-corrected chi connectivity index (χ1v) is 8.78. The molecule has 128 valence electrons. The molecule has 1 N–H and O–H groups in total. The number of carbonyl (C=O) groups is 2. The molecule has 2 amide bonds. The highest BCUT2D eigenvalue weighted by Gasteiger charge is 2.31. The summed E-state index contributed by atoms with van der Waals surface area (Å²) >= 11 is 1.69. The summed E-state index contributed by atoms with van der Waals surface area (Å²) in [7, 11) is 0. The van der Waals surface area contributed by atoms with Crippen molar-refractivity contribution in [1.29, 1.82) is 0 Å². The van der Waals surface area contributed by atoms with E-state index in [1.807, 2.05) is 15.9 Å². The van der Waals surface area contributed by atoms with E-state index in [0.717, 1.165) is 37.4 Å². The predicted octanol–water partition coefficient (Wildman–Crippen LogP) is 1.44. The summed E-state index contributed by atoms with van der Waals surface area (Å²) in [6.07, 6.45) is 2.48. The Labute approximate surface area is 147 Å². The number of piperazine rings is 1. The molecule has 3 heterocycles. The first kappa shape index (κ1) is 18.2. The highest BCUT2D eigenvalue weighted by Crippen LogP contribution is 2.20. The number of thiophene rings is 1. The second kappa shape index (κ2) is 8.13. The largest absolute Gasteiger partial charge is 0.340 e. The van der Waals surface area contributed by atoms with Crippen LogP contribution in [0.15, 0.2) is 12.1 Å². The summed E-state index contributed by atoms with van der Waals surface area (Å²) in [5, 5.41) is 3.10. The normalized spacial score (nSPS) is 22.0. The number of likely N-dealkylation sites (tertiary alicyclic amines) is 1. The number of hydrogen-bond acceptors (Lipinski definition) is 4. The summed E-state index contributed by atoms with van der Waals surface area (Å²) in [5.74, 6) is 0.355. The van der Waals surface area contributed by atoms with Crippen LogP contribution in [-0.2, 0) is 16.0 Å². The lowest BCUT2D eigenvalue weighted by atomic mass is 10.0. The van der Waals surface area contributed by atoms with Gasteiger partial charge < -0.3 is 15.1 Å². The van der Waals surface area contributed by atoms with Crippen LogP contribution in [0.1, 0.15) is 22.6 Å². The molecule has 2 aliphatic heterocycles. The third kappa shape index (κ3) is 4.46. The molecule has 0 aliphatic carbocycles. The fourth-order valence-corrected chi connectivity index (χ4v) is 4.17. The molecule has 23 heavy (non-hydrogen) atoms. The van der Waals surface area contributed by atoms with Crippen molar-refractivity contribution in [1.82, 2.24) is 15.1 Å². The monoisotopic (exact) mass is 357 g/mol. The molecular weight excluding hydrogens is 334 g/mol. The van der Waals surface area contributed by atoms with E-state index >= 15 is 0 Å². The molecule has 1 atom stereocenters. The second-order valence-electron chi connectivity index (χ2n) is 6.09. The van der Waals surface area contributed by atoms with Gasteiger partial charge in [-0.25, -0.2) is 0 Å². The fourth-order valence-electron chi connectivity index (χ4n) is 3.28. The van der Waals surface area contributed by atoms with Crippen LogP contribution >= 0.6 is 23.7 Å². The van der Waals surface area contributed by atoms with Crippen LogP contribution in [0.2, 0.25) is 0 Å². The molecule has 3 rings (SSSR count). The van der Waals surface area contributed by atoms with Crippen molar-refractivity contribution in [2.24, 2.45) is 0 Å². The van der Waals surface area contributed by atoms with Gasteiger partial charge in [0.25, 0.3) is 0 Å². The molecule has 2 saturated heterocycles. The number of nitrogens with zero attached hydrogens (tertiary/aromatic N) is 2. The van der Waals surface area contributed by atoms with Gasteiger partial charge in [-0.05, 0) is 31.9 Å². The maximum absolute atomic E-state index is 12.5. The van der Waals surface area contributed by atoms with Crippen molar-refractivity contribution in [2.45, 2.75) is 32.2 Å². The van der Waals surface area contributed by atoms with E-state index in [4.69, 9.17) is 0 Å². The predicted molar refractivity (Wildman–Crippen MR) is 94.2 cm³/mol. The second-order valence-corrected chi connectivity index (χ2v) is 7.46. The third-order valence-electron chi connectivity index (χ3n) is 4.44. The fraction of sp³-hybridized carbons (Fsp3) is 0.625. The molecule has 5 nitrogen and oxygen atoms in total. The smallest absolute Gasteiger partial charge is 0.236 e. The Morgan fingerprint density at radius 1 is 1.39 bits per heavy atom. The standard InChI is InChI=1S/C16H23N3O2S.ClH/c1-12-4-5-14(22-12)9-15(20)18-7-2-3-13(11-18)19-8-6-17-10-16(19)21;/h4-5,13,17H,2-3,6-11H2,1H3;1H. The Morgan fingerprint density at radius 2 is 2.22 bits per heavy atom. The molecule has 2 aliphatic rings. The quantitative estimate of drug-likeness (QED) is 0.890. The number of amides is 2. The van der Waals surface area contributed by atoms with Gasteiger partial charge in [-0.3, -0.25) is 9.59 Å². The third-order valence-corrected chi connectivity index (χ3v) is 5.44. The Kier molecular flexibility index (Phi) is 6.44. The Balaban J connectivity index is 0.00000192. The summed E-state index contributed by atoms with van der Waals surface area (Å²) in [6, 6.07) is 4.29. The summed E-state index contributed by atoms with van der Waals surface area (Å²) in [6.45, 7) is 5.61. The zero-order chi connectivity index (χ0) is 15.5. The van der Waals surface area contributed by atoms with Crippen molar-refractivity contribution in [3.63, 3.8) is 0 Å². The van der Waals surface area contributed by atoms with Crippen LogP contribution in [0.4, 0.5) is 0 Å². The summed E-state index contributed by atoms with van der Waals surface area (Å²) in [4.78, 5) is 30.8.